The predicted molar refractivity (Wildman–Crippen MR) is 134 cm³/mol. The molecule has 3 heterocycles. The SMILES string of the molecule is C[C@H]1O[C@H](OC[C@H]2O[C@H](Oc3cc(O)c4c(c3)O[C@@H](c3ccc(O)cc3)CC4=O)[C@@H](O)[C@@H](O)[C@H]2O)[C@@H](O)[C@@H](O)[C@H]1O. The van der Waals surface area contributed by atoms with Crippen LogP contribution in [0.2, 0.25) is 0 Å². The predicted octanol–water partition coefficient (Wildman–Crippen LogP) is -1.17. The van der Waals surface area contributed by atoms with Crippen LogP contribution in [0, 0.1) is 0 Å². The Kier molecular flexibility index (Phi) is 8.39. The second kappa shape index (κ2) is 11.7. The molecule has 3 aliphatic rings. The van der Waals surface area contributed by atoms with Crippen LogP contribution < -0.4 is 9.47 Å². The number of aromatic hydroxyl groups is 2. The van der Waals surface area contributed by atoms with Crippen molar-refractivity contribution in [1.29, 1.82) is 0 Å². The molecule has 0 spiro atoms. The van der Waals surface area contributed by atoms with Crippen LogP contribution in [0.3, 0.4) is 0 Å². The van der Waals surface area contributed by atoms with Crippen LogP contribution >= 0.6 is 0 Å². The number of phenols is 2. The molecule has 2 aromatic carbocycles. The maximum Gasteiger partial charge on any atom is 0.229 e. The number of phenolic OH excluding ortho intramolecular Hbond substituents is 2. The van der Waals surface area contributed by atoms with E-state index in [0.717, 1.165) is 6.07 Å². The Labute approximate surface area is 233 Å². The van der Waals surface area contributed by atoms with Gasteiger partial charge in [0.2, 0.25) is 6.29 Å². The fourth-order valence-electron chi connectivity index (χ4n) is 4.98. The van der Waals surface area contributed by atoms with Gasteiger partial charge in [-0.1, -0.05) is 12.1 Å². The highest BCUT2D eigenvalue weighted by Gasteiger charge is 2.47. The molecule has 41 heavy (non-hydrogen) atoms. The zero-order chi connectivity index (χ0) is 29.6. The topological polar surface area (TPSA) is 225 Å². The van der Waals surface area contributed by atoms with Gasteiger partial charge in [-0.2, -0.15) is 0 Å². The summed E-state index contributed by atoms with van der Waals surface area (Å²) in [5, 5.41) is 81.5. The van der Waals surface area contributed by atoms with Crippen molar-refractivity contribution >= 4 is 5.78 Å². The van der Waals surface area contributed by atoms with E-state index in [1.807, 2.05) is 0 Å². The second-order valence-corrected chi connectivity index (χ2v) is 10.3. The zero-order valence-corrected chi connectivity index (χ0v) is 21.8. The Morgan fingerprint density at radius 3 is 2.20 bits per heavy atom. The third-order valence-electron chi connectivity index (χ3n) is 7.39. The number of ketones is 1. The fraction of sp³-hybridized carbons (Fsp3) is 0.519. The Morgan fingerprint density at radius 2 is 1.49 bits per heavy atom. The number of aliphatic hydroxyl groups is 6. The molecular weight excluding hydrogens is 548 g/mol. The van der Waals surface area contributed by atoms with Crippen LogP contribution in [0.1, 0.15) is 35.4 Å². The van der Waals surface area contributed by atoms with Crippen LogP contribution in [0.15, 0.2) is 36.4 Å². The van der Waals surface area contributed by atoms with E-state index in [0.29, 0.717) is 5.56 Å². The molecule has 3 aliphatic heterocycles. The van der Waals surface area contributed by atoms with E-state index in [1.165, 1.54) is 25.1 Å². The largest absolute Gasteiger partial charge is 0.508 e. The lowest BCUT2D eigenvalue weighted by Crippen LogP contribution is -2.61. The van der Waals surface area contributed by atoms with Crippen molar-refractivity contribution in [2.45, 2.75) is 80.9 Å². The van der Waals surface area contributed by atoms with Crippen molar-refractivity contribution in [2.75, 3.05) is 6.61 Å². The molecule has 0 amide bonds. The molecule has 2 aromatic rings. The number of carbonyl (C=O) groups excluding carboxylic acids is 1. The standard InChI is InChI=1S/C27H32O14/c1-10-20(31)22(33)24(35)26(38-10)37-9-18-21(32)23(34)25(36)27(41-18)39-13-6-14(29)19-15(30)8-16(40-17(19)7-13)11-2-4-12(28)5-3-11/h2-7,10,16,18,20-29,31-36H,8-9H2,1H3/t10-,16-,18-,20+,21+,22+,23+,24+,25+,26+,27+/m1/s1. The van der Waals surface area contributed by atoms with Gasteiger partial charge in [0.25, 0.3) is 0 Å². The van der Waals surface area contributed by atoms with Crippen molar-refractivity contribution < 1.29 is 69.3 Å². The average Bonchev–Trinajstić information content (AvgIpc) is 2.94. The summed E-state index contributed by atoms with van der Waals surface area (Å²) in [6.45, 7) is 0.980. The quantitative estimate of drug-likeness (QED) is 0.202. The van der Waals surface area contributed by atoms with Crippen molar-refractivity contribution in [2.24, 2.45) is 0 Å². The summed E-state index contributed by atoms with van der Waals surface area (Å²) in [4.78, 5) is 12.8. The highest BCUT2D eigenvalue weighted by Crippen LogP contribution is 2.42. The van der Waals surface area contributed by atoms with Crippen LogP contribution in [0.4, 0.5) is 0 Å². The summed E-state index contributed by atoms with van der Waals surface area (Å²) < 4.78 is 28.0. The van der Waals surface area contributed by atoms with Gasteiger partial charge in [-0.25, -0.2) is 0 Å². The zero-order valence-electron chi connectivity index (χ0n) is 21.8. The summed E-state index contributed by atoms with van der Waals surface area (Å²) in [7, 11) is 0. The number of fused-ring (bicyclic) bond motifs is 1. The molecule has 2 saturated heterocycles. The Balaban J connectivity index is 1.30. The molecule has 2 fully saturated rings. The van der Waals surface area contributed by atoms with Crippen molar-refractivity contribution in [3.8, 4) is 23.0 Å². The molecule has 5 rings (SSSR count). The molecule has 224 valence electrons. The van der Waals surface area contributed by atoms with Gasteiger partial charge in [-0.3, -0.25) is 4.79 Å². The van der Waals surface area contributed by atoms with Crippen molar-refractivity contribution in [3.63, 3.8) is 0 Å². The maximum absolute atomic E-state index is 12.8. The van der Waals surface area contributed by atoms with Gasteiger partial charge in [0.05, 0.1) is 19.1 Å². The third kappa shape index (κ3) is 5.83. The molecule has 0 bridgehead atoms. The Bertz CT molecular complexity index is 1240. The minimum absolute atomic E-state index is 0.00149. The number of aliphatic hydroxyl groups excluding tert-OH is 6. The molecule has 0 aliphatic carbocycles. The highest BCUT2D eigenvalue weighted by molar-refractivity contribution is 6.02. The molecule has 0 unspecified atom stereocenters. The number of hydrogen-bond acceptors (Lipinski definition) is 14. The van der Waals surface area contributed by atoms with Crippen LogP contribution in [-0.4, -0.2) is 115 Å². The maximum atomic E-state index is 12.8. The molecule has 0 radical (unpaired) electrons. The fourth-order valence-corrected chi connectivity index (χ4v) is 4.98. The van der Waals surface area contributed by atoms with Gasteiger partial charge in [0.15, 0.2) is 12.1 Å². The van der Waals surface area contributed by atoms with Gasteiger partial charge in [-0.05, 0) is 24.6 Å². The van der Waals surface area contributed by atoms with E-state index in [1.54, 1.807) is 12.1 Å². The molecule has 11 atom stereocenters. The average molecular weight is 581 g/mol. The molecular formula is C27H32O14. The van der Waals surface area contributed by atoms with Gasteiger partial charge in [0, 0.05) is 12.1 Å². The molecule has 0 saturated carbocycles. The summed E-state index contributed by atoms with van der Waals surface area (Å²) in [5.41, 5.74) is 0.550. The number of Topliss-reactive ketones (excluding diaryl/α,β-unsaturated/α-hetero) is 1. The Morgan fingerprint density at radius 1 is 0.829 bits per heavy atom. The van der Waals surface area contributed by atoms with Crippen LogP contribution in [-0.2, 0) is 14.2 Å². The summed E-state index contributed by atoms with van der Waals surface area (Å²) in [6.07, 6.45) is -15.6. The summed E-state index contributed by atoms with van der Waals surface area (Å²) >= 11 is 0. The summed E-state index contributed by atoms with van der Waals surface area (Å²) in [6, 6.07) is 8.51. The molecule has 8 N–H and O–H groups in total. The van der Waals surface area contributed by atoms with Crippen molar-refractivity contribution in [1.82, 2.24) is 0 Å². The number of benzene rings is 2. The van der Waals surface area contributed by atoms with Crippen LogP contribution in [0.5, 0.6) is 23.0 Å². The van der Waals surface area contributed by atoms with E-state index in [9.17, 15) is 45.6 Å². The number of ether oxygens (including phenoxy) is 5. The number of rotatable bonds is 6. The second-order valence-electron chi connectivity index (χ2n) is 10.3. The monoisotopic (exact) mass is 580 g/mol. The lowest BCUT2D eigenvalue weighted by atomic mass is 9.95. The van der Waals surface area contributed by atoms with Gasteiger partial charge < -0.3 is 64.5 Å². The number of carbonyl (C=O) groups is 1. The lowest BCUT2D eigenvalue weighted by Gasteiger charge is -2.42. The molecule has 0 aromatic heterocycles. The summed E-state index contributed by atoms with van der Waals surface area (Å²) in [5.74, 6) is -0.893. The smallest absolute Gasteiger partial charge is 0.229 e. The first-order valence-corrected chi connectivity index (χ1v) is 13.0. The van der Waals surface area contributed by atoms with Crippen LogP contribution in [0.25, 0.3) is 0 Å². The highest BCUT2D eigenvalue weighted by atomic mass is 16.7. The van der Waals surface area contributed by atoms with E-state index in [4.69, 9.17) is 23.7 Å². The van der Waals surface area contributed by atoms with Gasteiger partial charge in [-0.15, -0.1) is 0 Å². The normalized spacial score (nSPS) is 37.2. The van der Waals surface area contributed by atoms with Crippen molar-refractivity contribution in [3.05, 3.63) is 47.5 Å². The molecule has 14 nitrogen and oxygen atoms in total. The first-order chi connectivity index (χ1) is 19.4. The first kappa shape index (κ1) is 29.4. The van der Waals surface area contributed by atoms with E-state index >= 15 is 0 Å². The third-order valence-corrected chi connectivity index (χ3v) is 7.39. The van der Waals surface area contributed by atoms with E-state index in [2.05, 4.69) is 0 Å². The first-order valence-electron chi connectivity index (χ1n) is 13.0. The van der Waals surface area contributed by atoms with Gasteiger partial charge >= 0.3 is 0 Å². The van der Waals surface area contributed by atoms with Gasteiger partial charge in [0.1, 0.15) is 77.4 Å². The Hall–Kier alpha value is -3.05. The van der Waals surface area contributed by atoms with E-state index < -0.39 is 85.7 Å². The lowest BCUT2D eigenvalue weighted by molar-refractivity contribution is -0.318. The minimum Gasteiger partial charge on any atom is -0.508 e. The molecule has 14 heteroatoms. The number of hydrogen-bond donors (Lipinski definition) is 8. The van der Waals surface area contributed by atoms with E-state index in [-0.39, 0.29) is 29.2 Å². The minimum atomic E-state index is -1.76.